The Bertz CT molecular complexity index is 837. The zero-order valence-electron chi connectivity index (χ0n) is 14.2. The molecule has 0 spiro atoms. The van der Waals surface area contributed by atoms with Crippen LogP contribution in [0.1, 0.15) is 11.4 Å². The van der Waals surface area contributed by atoms with Crippen LogP contribution in [0.5, 0.6) is 0 Å². The summed E-state index contributed by atoms with van der Waals surface area (Å²) in [6.45, 7) is 2.17. The fourth-order valence-corrected chi connectivity index (χ4v) is 2.97. The summed E-state index contributed by atoms with van der Waals surface area (Å²) in [5.41, 5.74) is 2.09. The van der Waals surface area contributed by atoms with Gasteiger partial charge in [0.1, 0.15) is 0 Å². The van der Waals surface area contributed by atoms with Crippen molar-refractivity contribution in [1.82, 2.24) is 14.8 Å². The number of carbonyl (C=O) groups excluding carboxylic acids is 1. The van der Waals surface area contributed by atoms with Crippen molar-refractivity contribution in [3.63, 3.8) is 0 Å². The van der Waals surface area contributed by atoms with Crippen molar-refractivity contribution < 1.29 is 18.0 Å². The van der Waals surface area contributed by atoms with Crippen LogP contribution >= 0.6 is 0 Å². The van der Waals surface area contributed by atoms with E-state index >= 15 is 0 Å². The van der Waals surface area contributed by atoms with E-state index in [0.717, 1.165) is 15.9 Å². The second kappa shape index (κ2) is 8.06. The second-order valence-corrected chi connectivity index (χ2v) is 7.14. The van der Waals surface area contributed by atoms with Crippen LogP contribution in [0.25, 0.3) is 0 Å². The summed E-state index contributed by atoms with van der Waals surface area (Å²) < 4.78 is 24.9. The lowest BCUT2D eigenvalue weighted by atomic mass is 10.3. The first-order valence-corrected chi connectivity index (χ1v) is 8.87. The minimum atomic E-state index is -3.71. The average molecular weight is 364 g/mol. The molecule has 0 bridgehead atoms. The zero-order valence-corrected chi connectivity index (χ0v) is 15.0. The Balaban J connectivity index is 1.95. The van der Waals surface area contributed by atoms with E-state index in [-0.39, 0.29) is 4.90 Å². The molecule has 1 aromatic heterocycles. The average Bonchev–Trinajstić information content (AvgIpc) is 2.59. The van der Waals surface area contributed by atoms with Crippen molar-refractivity contribution in [2.75, 3.05) is 19.5 Å². The number of carbonyl (C=O) groups is 1. The first kappa shape index (κ1) is 18.8. The summed E-state index contributed by atoms with van der Waals surface area (Å²) in [7, 11) is -1.15. The molecule has 0 aliphatic heterocycles. The smallest absolute Gasteiger partial charge is 0.319 e. The first-order chi connectivity index (χ1) is 11.8. The van der Waals surface area contributed by atoms with E-state index in [1.165, 1.54) is 38.4 Å². The third kappa shape index (κ3) is 4.99. The van der Waals surface area contributed by atoms with Crippen molar-refractivity contribution in [1.29, 1.82) is 0 Å². The number of aromatic nitrogens is 1. The van der Waals surface area contributed by atoms with Crippen LogP contribution in [0.3, 0.4) is 0 Å². The van der Waals surface area contributed by atoms with Gasteiger partial charge in [-0.3, -0.25) is 9.82 Å². The van der Waals surface area contributed by atoms with E-state index in [1.807, 2.05) is 25.1 Å². The van der Waals surface area contributed by atoms with E-state index in [1.54, 1.807) is 0 Å². The van der Waals surface area contributed by atoms with Gasteiger partial charge in [0.2, 0.25) is 0 Å². The number of hydrogen-bond donors (Lipinski definition) is 2. The number of pyridine rings is 1. The second-order valence-electron chi connectivity index (χ2n) is 5.20. The van der Waals surface area contributed by atoms with Gasteiger partial charge in [0, 0.05) is 18.4 Å². The third-order valence-electron chi connectivity index (χ3n) is 3.38. The van der Waals surface area contributed by atoms with Gasteiger partial charge in [-0.25, -0.2) is 13.2 Å². The summed E-state index contributed by atoms with van der Waals surface area (Å²) in [5, 5.41) is 5.32. The van der Waals surface area contributed by atoms with Crippen molar-refractivity contribution in [3.8, 4) is 0 Å². The molecule has 0 atom stereocenters. The van der Waals surface area contributed by atoms with Crippen molar-refractivity contribution >= 4 is 21.7 Å². The Hall–Kier alpha value is -2.49. The lowest BCUT2D eigenvalue weighted by molar-refractivity contribution is -0.0258. The van der Waals surface area contributed by atoms with Gasteiger partial charge >= 0.3 is 6.03 Å². The van der Waals surface area contributed by atoms with Crippen LogP contribution < -0.4 is 10.6 Å². The fraction of sp³-hybridized carbons (Fsp3) is 0.250. The standard InChI is InChI=1S/C16H20N4O4S/c1-12-5-4-6-14(18-12)11-17-16(21)19-13-7-9-15(10-8-13)25(22,23)20(2)24-3/h4-10H,11H2,1-3H3,(H2,17,19,21). The topological polar surface area (TPSA) is 101 Å². The molecule has 2 N–H and O–H groups in total. The predicted octanol–water partition coefficient (Wildman–Crippen LogP) is 1.89. The number of aryl methyl sites for hydroxylation is 1. The van der Waals surface area contributed by atoms with Gasteiger partial charge in [-0.2, -0.15) is 0 Å². The molecule has 0 fully saturated rings. The predicted molar refractivity (Wildman–Crippen MR) is 93.2 cm³/mol. The maximum Gasteiger partial charge on any atom is 0.319 e. The normalized spacial score (nSPS) is 11.4. The minimum absolute atomic E-state index is 0.0618. The Morgan fingerprint density at radius 3 is 2.48 bits per heavy atom. The van der Waals surface area contributed by atoms with Crippen LogP contribution in [0.15, 0.2) is 47.4 Å². The van der Waals surface area contributed by atoms with Gasteiger partial charge in [0.25, 0.3) is 10.0 Å². The Morgan fingerprint density at radius 1 is 1.20 bits per heavy atom. The number of hydroxylamine groups is 1. The summed E-state index contributed by atoms with van der Waals surface area (Å²) in [6, 6.07) is 10.9. The number of nitrogens with one attached hydrogen (secondary N) is 2. The minimum Gasteiger partial charge on any atom is -0.332 e. The maximum atomic E-state index is 12.1. The Labute approximate surface area is 146 Å². The number of amides is 2. The van der Waals surface area contributed by atoms with Gasteiger partial charge in [0.15, 0.2) is 0 Å². The third-order valence-corrected chi connectivity index (χ3v) is 5.08. The molecule has 2 amide bonds. The van der Waals surface area contributed by atoms with Crippen LogP contribution in [0, 0.1) is 6.92 Å². The molecule has 1 heterocycles. The lowest BCUT2D eigenvalue weighted by Crippen LogP contribution is -2.28. The van der Waals surface area contributed by atoms with E-state index in [0.29, 0.717) is 12.2 Å². The van der Waals surface area contributed by atoms with Crippen LogP contribution in [-0.2, 0) is 21.4 Å². The SMILES string of the molecule is CON(C)S(=O)(=O)c1ccc(NC(=O)NCc2cccc(C)n2)cc1. The highest BCUT2D eigenvalue weighted by atomic mass is 32.2. The number of hydrogen-bond acceptors (Lipinski definition) is 5. The molecule has 2 rings (SSSR count). The molecule has 134 valence electrons. The molecule has 9 heteroatoms. The highest BCUT2D eigenvalue weighted by Crippen LogP contribution is 2.17. The monoisotopic (exact) mass is 364 g/mol. The number of rotatable bonds is 6. The number of nitrogens with zero attached hydrogens (tertiary/aromatic N) is 2. The van der Waals surface area contributed by atoms with Gasteiger partial charge in [-0.05, 0) is 43.3 Å². The highest BCUT2D eigenvalue weighted by molar-refractivity contribution is 7.89. The van der Waals surface area contributed by atoms with E-state index < -0.39 is 16.1 Å². The molecular weight excluding hydrogens is 344 g/mol. The molecule has 0 saturated heterocycles. The van der Waals surface area contributed by atoms with Gasteiger partial charge in [-0.15, -0.1) is 0 Å². The fourth-order valence-electron chi connectivity index (χ4n) is 2.00. The number of benzene rings is 1. The quantitative estimate of drug-likeness (QED) is 0.763. The molecule has 2 aromatic rings. The van der Waals surface area contributed by atoms with E-state index in [9.17, 15) is 13.2 Å². The van der Waals surface area contributed by atoms with Gasteiger partial charge in [0.05, 0.1) is 24.2 Å². The summed E-state index contributed by atoms with van der Waals surface area (Å²) in [6.07, 6.45) is 0. The molecule has 8 nitrogen and oxygen atoms in total. The van der Waals surface area contributed by atoms with E-state index in [2.05, 4.69) is 15.6 Å². The summed E-state index contributed by atoms with van der Waals surface area (Å²) in [5.74, 6) is 0. The number of urea groups is 1. The molecular formula is C16H20N4O4S. The molecule has 0 aliphatic carbocycles. The van der Waals surface area contributed by atoms with E-state index in [4.69, 9.17) is 4.84 Å². The van der Waals surface area contributed by atoms with Gasteiger partial charge in [-0.1, -0.05) is 10.5 Å². The van der Waals surface area contributed by atoms with Crippen LogP contribution in [0.2, 0.25) is 0 Å². The van der Waals surface area contributed by atoms with Gasteiger partial charge < -0.3 is 10.6 Å². The summed E-state index contributed by atoms with van der Waals surface area (Å²) in [4.78, 5) is 21.0. The van der Waals surface area contributed by atoms with Crippen LogP contribution in [-0.4, -0.2) is 38.1 Å². The number of anilines is 1. The number of sulfonamides is 1. The maximum absolute atomic E-state index is 12.1. The summed E-state index contributed by atoms with van der Waals surface area (Å²) >= 11 is 0. The zero-order chi connectivity index (χ0) is 18.4. The van der Waals surface area contributed by atoms with Crippen LogP contribution in [0.4, 0.5) is 10.5 Å². The molecule has 0 saturated carbocycles. The Kier molecular flexibility index (Phi) is 6.07. The molecule has 25 heavy (non-hydrogen) atoms. The highest BCUT2D eigenvalue weighted by Gasteiger charge is 2.20. The van der Waals surface area contributed by atoms with Crippen molar-refractivity contribution in [2.45, 2.75) is 18.4 Å². The van der Waals surface area contributed by atoms with Crippen molar-refractivity contribution in [3.05, 3.63) is 53.9 Å². The largest absolute Gasteiger partial charge is 0.332 e. The molecule has 0 radical (unpaired) electrons. The molecule has 1 aromatic carbocycles. The Morgan fingerprint density at radius 2 is 1.88 bits per heavy atom. The molecule has 0 unspecified atom stereocenters. The lowest BCUT2D eigenvalue weighted by Gasteiger charge is -2.14. The first-order valence-electron chi connectivity index (χ1n) is 7.43. The van der Waals surface area contributed by atoms with Crippen molar-refractivity contribution in [2.24, 2.45) is 0 Å². The molecule has 0 aliphatic rings.